The monoisotopic (exact) mass is 150 g/mol. The van der Waals surface area contributed by atoms with Crippen LogP contribution in [0.4, 0.5) is 0 Å². The Labute approximate surface area is 68.1 Å². The lowest BCUT2D eigenvalue weighted by molar-refractivity contribution is 0.303. The number of rotatable bonds is 0. The molecule has 11 heavy (non-hydrogen) atoms. The van der Waals surface area contributed by atoms with Gasteiger partial charge in [-0.1, -0.05) is 18.8 Å². The van der Waals surface area contributed by atoms with E-state index in [1.807, 2.05) is 6.92 Å². The number of epoxide rings is 1. The van der Waals surface area contributed by atoms with Crippen LogP contribution in [0.25, 0.3) is 0 Å². The molecule has 0 N–H and O–H groups in total. The Hall–Kier alpha value is -0.480. The van der Waals surface area contributed by atoms with Crippen molar-refractivity contribution in [2.24, 2.45) is 0 Å². The Bertz CT molecular complexity index is 211. The summed E-state index contributed by atoms with van der Waals surface area (Å²) in [5, 5.41) is 0. The molecule has 1 aliphatic heterocycles. The summed E-state index contributed by atoms with van der Waals surface area (Å²) in [5.41, 5.74) is 0.0191. The van der Waals surface area contributed by atoms with Crippen molar-refractivity contribution < 1.29 is 4.74 Å². The second kappa shape index (κ2) is 2.53. The highest BCUT2D eigenvalue weighted by molar-refractivity contribution is 5.25. The van der Waals surface area contributed by atoms with Gasteiger partial charge in [-0.05, 0) is 26.2 Å². The Morgan fingerprint density at radius 3 is 3.09 bits per heavy atom. The molecule has 1 heteroatoms. The summed E-state index contributed by atoms with van der Waals surface area (Å²) in [5.74, 6) is 6.18. The number of fused-ring (bicyclic) bond motifs is 1. The summed E-state index contributed by atoms with van der Waals surface area (Å²) in [7, 11) is 0. The zero-order valence-electron chi connectivity index (χ0n) is 7.02. The molecule has 2 atom stereocenters. The molecule has 2 fully saturated rings. The van der Waals surface area contributed by atoms with Crippen LogP contribution in [0, 0.1) is 11.8 Å². The standard InChI is InChI=1S/C10H14O/c1-2-7-10-8-5-3-4-6-9(10)11-10/h9H,3-6,8H2,1H3. The topological polar surface area (TPSA) is 12.5 Å². The van der Waals surface area contributed by atoms with Crippen LogP contribution in [-0.2, 0) is 4.74 Å². The van der Waals surface area contributed by atoms with E-state index >= 15 is 0 Å². The maximum absolute atomic E-state index is 5.61. The molecular weight excluding hydrogens is 136 g/mol. The minimum absolute atomic E-state index is 0.0191. The van der Waals surface area contributed by atoms with Crippen LogP contribution in [0.3, 0.4) is 0 Å². The molecule has 0 spiro atoms. The number of ether oxygens (including phenoxy) is 1. The smallest absolute Gasteiger partial charge is 0.155 e. The van der Waals surface area contributed by atoms with E-state index in [0.717, 1.165) is 0 Å². The molecule has 0 radical (unpaired) electrons. The second-order valence-corrected chi connectivity index (χ2v) is 3.47. The predicted octanol–water partition coefficient (Wildman–Crippen LogP) is 2.11. The maximum atomic E-state index is 5.61. The zero-order chi connectivity index (χ0) is 7.73. The van der Waals surface area contributed by atoms with Crippen LogP contribution in [0.1, 0.15) is 39.0 Å². The molecule has 0 aromatic heterocycles. The van der Waals surface area contributed by atoms with Gasteiger partial charge in [0.2, 0.25) is 0 Å². The molecule has 0 bridgehead atoms. The lowest BCUT2D eigenvalue weighted by Gasteiger charge is -1.99. The first-order valence-electron chi connectivity index (χ1n) is 4.49. The normalized spacial score (nSPS) is 41.4. The van der Waals surface area contributed by atoms with Crippen molar-refractivity contribution in [2.75, 3.05) is 0 Å². The molecule has 60 valence electrons. The summed E-state index contributed by atoms with van der Waals surface area (Å²) in [6.45, 7) is 1.90. The molecule has 2 unspecified atom stereocenters. The number of hydrogen-bond donors (Lipinski definition) is 0. The van der Waals surface area contributed by atoms with E-state index in [4.69, 9.17) is 4.74 Å². The first-order chi connectivity index (χ1) is 5.37. The average molecular weight is 150 g/mol. The van der Waals surface area contributed by atoms with Gasteiger partial charge >= 0.3 is 0 Å². The lowest BCUT2D eigenvalue weighted by atomic mass is 10.0. The van der Waals surface area contributed by atoms with E-state index < -0.39 is 0 Å². The SMILES string of the molecule is CC#CC12CCCCCC1O2. The predicted molar refractivity (Wildman–Crippen MR) is 44.1 cm³/mol. The third kappa shape index (κ3) is 1.16. The van der Waals surface area contributed by atoms with Gasteiger partial charge in [-0.25, -0.2) is 0 Å². The molecule has 2 aliphatic rings. The largest absolute Gasteiger partial charge is 0.352 e. The van der Waals surface area contributed by atoms with Crippen LogP contribution in [0.2, 0.25) is 0 Å². The Morgan fingerprint density at radius 1 is 1.36 bits per heavy atom. The van der Waals surface area contributed by atoms with Crippen molar-refractivity contribution in [3.8, 4) is 11.8 Å². The highest BCUT2D eigenvalue weighted by Gasteiger charge is 2.54. The van der Waals surface area contributed by atoms with Gasteiger partial charge in [-0.2, -0.15) is 0 Å². The van der Waals surface area contributed by atoms with E-state index in [1.54, 1.807) is 0 Å². The highest BCUT2D eigenvalue weighted by Crippen LogP contribution is 2.45. The Kier molecular flexibility index (Phi) is 1.65. The van der Waals surface area contributed by atoms with E-state index in [9.17, 15) is 0 Å². The fourth-order valence-electron chi connectivity index (χ4n) is 2.01. The highest BCUT2D eigenvalue weighted by atomic mass is 16.6. The van der Waals surface area contributed by atoms with Crippen LogP contribution in [0.5, 0.6) is 0 Å². The quantitative estimate of drug-likeness (QED) is 0.380. The molecule has 1 saturated carbocycles. The molecule has 0 aromatic rings. The average Bonchev–Trinajstić information content (AvgIpc) is 2.62. The summed E-state index contributed by atoms with van der Waals surface area (Å²) in [6, 6.07) is 0. The Balaban J connectivity index is 2.07. The number of hydrogen-bond acceptors (Lipinski definition) is 1. The van der Waals surface area contributed by atoms with Crippen LogP contribution in [-0.4, -0.2) is 11.7 Å². The fraction of sp³-hybridized carbons (Fsp3) is 0.800. The van der Waals surface area contributed by atoms with Crippen LogP contribution >= 0.6 is 0 Å². The van der Waals surface area contributed by atoms with E-state index in [-0.39, 0.29) is 5.60 Å². The van der Waals surface area contributed by atoms with E-state index in [0.29, 0.717) is 6.10 Å². The third-order valence-corrected chi connectivity index (χ3v) is 2.67. The molecule has 1 nitrogen and oxygen atoms in total. The molecule has 0 amide bonds. The zero-order valence-corrected chi connectivity index (χ0v) is 7.02. The first kappa shape index (κ1) is 7.18. The van der Waals surface area contributed by atoms with Crippen molar-refractivity contribution in [2.45, 2.75) is 50.7 Å². The third-order valence-electron chi connectivity index (χ3n) is 2.67. The van der Waals surface area contributed by atoms with Gasteiger partial charge in [-0.15, -0.1) is 5.92 Å². The van der Waals surface area contributed by atoms with Crippen molar-refractivity contribution in [3.05, 3.63) is 0 Å². The molecule has 2 rings (SSSR count). The van der Waals surface area contributed by atoms with Gasteiger partial charge in [0.25, 0.3) is 0 Å². The van der Waals surface area contributed by atoms with Gasteiger partial charge in [-0.3, -0.25) is 0 Å². The second-order valence-electron chi connectivity index (χ2n) is 3.47. The molecule has 0 aromatic carbocycles. The van der Waals surface area contributed by atoms with Crippen molar-refractivity contribution in [1.82, 2.24) is 0 Å². The fourth-order valence-corrected chi connectivity index (χ4v) is 2.01. The van der Waals surface area contributed by atoms with Crippen LogP contribution < -0.4 is 0 Å². The van der Waals surface area contributed by atoms with Gasteiger partial charge in [0.05, 0.1) is 6.10 Å². The summed E-state index contributed by atoms with van der Waals surface area (Å²) in [4.78, 5) is 0. The van der Waals surface area contributed by atoms with E-state index in [1.165, 1.54) is 32.1 Å². The summed E-state index contributed by atoms with van der Waals surface area (Å²) >= 11 is 0. The molecular formula is C10H14O. The lowest BCUT2D eigenvalue weighted by Crippen LogP contribution is -2.10. The molecule has 1 heterocycles. The van der Waals surface area contributed by atoms with E-state index in [2.05, 4.69) is 11.8 Å². The Morgan fingerprint density at radius 2 is 2.27 bits per heavy atom. The minimum Gasteiger partial charge on any atom is -0.352 e. The van der Waals surface area contributed by atoms with Gasteiger partial charge in [0.1, 0.15) is 0 Å². The van der Waals surface area contributed by atoms with Crippen molar-refractivity contribution >= 4 is 0 Å². The molecule has 1 saturated heterocycles. The van der Waals surface area contributed by atoms with Crippen molar-refractivity contribution in [3.63, 3.8) is 0 Å². The van der Waals surface area contributed by atoms with Gasteiger partial charge in [0, 0.05) is 0 Å². The first-order valence-corrected chi connectivity index (χ1v) is 4.49. The molecule has 1 aliphatic carbocycles. The van der Waals surface area contributed by atoms with Crippen LogP contribution in [0.15, 0.2) is 0 Å². The van der Waals surface area contributed by atoms with Gasteiger partial charge in [0.15, 0.2) is 5.60 Å². The maximum Gasteiger partial charge on any atom is 0.155 e. The minimum atomic E-state index is 0.0191. The summed E-state index contributed by atoms with van der Waals surface area (Å²) < 4.78 is 5.61. The van der Waals surface area contributed by atoms with Crippen molar-refractivity contribution in [1.29, 1.82) is 0 Å². The van der Waals surface area contributed by atoms with Gasteiger partial charge < -0.3 is 4.74 Å². The summed E-state index contributed by atoms with van der Waals surface area (Å²) in [6.07, 6.45) is 6.88.